The van der Waals surface area contributed by atoms with Crippen LogP contribution in [0.1, 0.15) is 56.9 Å². The smallest absolute Gasteiger partial charge is 0.300 e. The second-order valence-electron chi connectivity index (χ2n) is 2.49. The van der Waals surface area contributed by atoms with Gasteiger partial charge in [-0.3, -0.25) is 4.79 Å². The SMILES string of the molecule is C.C.C.CC(=O)O.CC(C)C.CC=O. The van der Waals surface area contributed by atoms with Crippen molar-refractivity contribution in [3.63, 3.8) is 0 Å². The molecule has 0 saturated heterocycles. The van der Waals surface area contributed by atoms with Crippen LogP contribution in [0.4, 0.5) is 0 Å². The maximum Gasteiger partial charge on any atom is 0.300 e. The van der Waals surface area contributed by atoms with E-state index in [4.69, 9.17) is 14.7 Å². The number of carboxylic acids is 1. The van der Waals surface area contributed by atoms with E-state index in [1.807, 2.05) is 0 Å². The van der Waals surface area contributed by atoms with Gasteiger partial charge in [0.2, 0.25) is 0 Å². The van der Waals surface area contributed by atoms with Crippen LogP contribution in [0.25, 0.3) is 0 Å². The van der Waals surface area contributed by atoms with E-state index >= 15 is 0 Å². The highest BCUT2D eigenvalue weighted by molar-refractivity contribution is 5.62. The zero-order valence-corrected chi connectivity index (χ0v) is 7.92. The third-order valence-corrected chi connectivity index (χ3v) is 0. The zero-order chi connectivity index (χ0) is 9.86. The average Bonchev–Trinajstić information content (AvgIpc) is 1.60. The summed E-state index contributed by atoms with van der Waals surface area (Å²) in [6.07, 6.45) is 0.750. The van der Waals surface area contributed by atoms with E-state index in [1.54, 1.807) is 0 Å². The first-order chi connectivity index (χ1) is 4.88. The van der Waals surface area contributed by atoms with Gasteiger partial charge in [0.05, 0.1) is 0 Å². The fourth-order valence-electron chi connectivity index (χ4n) is 0. The van der Waals surface area contributed by atoms with Crippen molar-refractivity contribution >= 4 is 12.3 Å². The van der Waals surface area contributed by atoms with Gasteiger partial charge >= 0.3 is 0 Å². The quantitative estimate of drug-likeness (QED) is 0.617. The lowest BCUT2D eigenvalue weighted by Gasteiger charge is -1.79. The Morgan fingerprint density at radius 3 is 1.14 bits per heavy atom. The molecule has 0 rings (SSSR count). The van der Waals surface area contributed by atoms with Crippen molar-refractivity contribution in [2.24, 2.45) is 5.92 Å². The van der Waals surface area contributed by atoms with E-state index in [0.717, 1.165) is 19.1 Å². The predicted molar refractivity (Wildman–Crippen MR) is 65.8 cm³/mol. The summed E-state index contributed by atoms with van der Waals surface area (Å²) < 4.78 is 0. The molecule has 1 N–H and O–H groups in total. The largest absolute Gasteiger partial charge is 0.481 e. The molecule has 0 aliphatic rings. The van der Waals surface area contributed by atoms with Crippen LogP contribution < -0.4 is 0 Å². The lowest BCUT2D eigenvalue weighted by molar-refractivity contribution is -0.134. The van der Waals surface area contributed by atoms with E-state index in [1.165, 1.54) is 6.92 Å². The maximum atomic E-state index is 9.00. The molecule has 92 valence electrons. The van der Waals surface area contributed by atoms with E-state index in [2.05, 4.69) is 20.8 Å². The number of hydrogen-bond acceptors (Lipinski definition) is 2. The minimum atomic E-state index is -0.833. The van der Waals surface area contributed by atoms with Crippen molar-refractivity contribution < 1.29 is 14.7 Å². The van der Waals surface area contributed by atoms with Crippen LogP contribution in [0.5, 0.6) is 0 Å². The molecule has 0 atom stereocenters. The number of carboxylic acid groups (broad SMARTS) is 1. The van der Waals surface area contributed by atoms with Crippen molar-refractivity contribution in [1.29, 1.82) is 0 Å². The average molecular weight is 210 g/mol. The number of aliphatic carboxylic acids is 1. The van der Waals surface area contributed by atoms with Crippen LogP contribution >= 0.6 is 0 Å². The molecule has 14 heavy (non-hydrogen) atoms. The van der Waals surface area contributed by atoms with Crippen molar-refractivity contribution in [1.82, 2.24) is 0 Å². The fraction of sp³-hybridized carbons (Fsp3) is 0.818. The topological polar surface area (TPSA) is 54.4 Å². The van der Waals surface area contributed by atoms with Gasteiger partial charge < -0.3 is 9.90 Å². The summed E-state index contributed by atoms with van der Waals surface area (Å²) in [7, 11) is 0. The van der Waals surface area contributed by atoms with Crippen molar-refractivity contribution in [2.45, 2.75) is 56.9 Å². The number of hydrogen-bond donors (Lipinski definition) is 1. The molecule has 0 aromatic heterocycles. The second kappa shape index (κ2) is 40.0. The maximum absolute atomic E-state index is 9.00. The first kappa shape index (κ1) is 38.0. The van der Waals surface area contributed by atoms with Crippen molar-refractivity contribution in [3.05, 3.63) is 0 Å². The molecular formula is C11H30O3. The molecule has 0 aromatic rings. The second-order valence-corrected chi connectivity index (χ2v) is 2.49. The van der Waals surface area contributed by atoms with Gasteiger partial charge in [-0.25, -0.2) is 0 Å². The third-order valence-electron chi connectivity index (χ3n) is 0. The summed E-state index contributed by atoms with van der Waals surface area (Å²) in [6.45, 7) is 9.03. The van der Waals surface area contributed by atoms with Crippen molar-refractivity contribution in [3.8, 4) is 0 Å². The molecule has 3 heteroatoms. The third kappa shape index (κ3) is 1550. The molecule has 0 amide bonds. The molecule has 0 aromatic carbocycles. The molecule has 0 saturated carbocycles. The molecule has 0 radical (unpaired) electrons. The van der Waals surface area contributed by atoms with Crippen LogP contribution in [0, 0.1) is 5.92 Å². The molecule has 0 heterocycles. The van der Waals surface area contributed by atoms with Crippen LogP contribution in [0.15, 0.2) is 0 Å². The summed E-state index contributed by atoms with van der Waals surface area (Å²) in [6, 6.07) is 0. The standard InChI is InChI=1S/C4H10.C2H4O2.C2H4O.3CH4/c1-4(2)3;1-2(3)4;1-2-3;;;/h4H,1-3H3;1H3,(H,3,4);2H,1H3;3*1H4. The van der Waals surface area contributed by atoms with Gasteiger partial charge in [0.1, 0.15) is 6.29 Å². The normalized spacial score (nSPS) is 5.29. The van der Waals surface area contributed by atoms with Gasteiger partial charge in [0, 0.05) is 6.92 Å². The van der Waals surface area contributed by atoms with E-state index in [-0.39, 0.29) is 22.3 Å². The Morgan fingerprint density at radius 2 is 1.14 bits per heavy atom. The highest BCUT2D eigenvalue weighted by Gasteiger charge is 1.68. The Hall–Kier alpha value is -0.860. The zero-order valence-electron chi connectivity index (χ0n) is 7.92. The summed E-state index contributed by atoms with van der Waals surface area (Å²) >= 11 is 0. The highest BCUT2D eigenvalue weighted by atomic mass is 16.4. The lowest BCUT2D eigenvalue weighted by Crippen LogP contribution is -1.78. The fourth-order valence-corrected chi connectivity index (χ4v) is 0. The molecule has 3 nitrogen and oxygen atoms in total. The number of carbonyl (C=O) groups is 2. The van der Waals surface area contributed by atoms with Crippen LogP contribution in [0.2, 0.25) is 0 Å². The molecule has 0 fully saturated rings. The van der Waals surface area contributed by atoms with Gasteiger partial charge in [-0.2, -0.15) is 0 Å². The number of rotatable bonds is 0. The van der Waals surface area contributed by atoms with Crippen molar-refractivity contribution in [2.75, 3.05) is 0 Å². The number of aldehydes is 1. The van der Waals surface area contributed by atoms with Crippen LogP contribution in [-0.2, 0) is 9.59 Å². The minimum absolute atomic E-state index is 0. The molecule has 0 spiro atoms. The Balaban J connectivity index is -0.0000000156. The Labute approximate surface area is 90.5 Å². The molecule has 0 bridgehead atoms. The van der Waals surface area contributed by atoms with Gasteiger partial charge in [0.25, 0.3) is 5.97 Å². The predicted octanol–water partition coefficient (Wildman–Crippen LogP) is 3.87. The Morgan fingerprint density at radius 1 is 1.14 bits per heavy atom. The van der Waals surface area contributed by atoms with E-state index in [9.17, 15) is 0 Å². The van der Waals surface area contributed by atoms with Gasteiger partial charge in [-0.05, 0) is 12.8 Å². The molecule has 0 aliphatic heterocycles. The summed E-state index contributed by atoms with van der Waals surface area (Å²) in [5, 5.41) is 7.42. The van der Waals surface area contributed by atoms with E-state index < -0.39 is 5.97 Å². The minimum Gasteiger partial charge on any atom is -0.481 e. The lowest BCUT2D eigenvalue weighted by atomic mass is 10.3. The first-order valence-corrected chi connectivity index (χ1v) is 3.47. The number of carbonyl (C=O) groups excluding carboxylic acids is 1. The van der Waals surface area contributed by atoms with Gasteiger partial charge in [-0.1, -0.05) is 43.1 Å². The molecule has 0 aliphatic carbocycles. The Bertz CT molecular complexity index is 81.8. The monoisotopic (exact) mass is 210 g/mol. The highest BCUT2D eigenvalue weighted by Crippen LogP contribution is 1.81. The summed E-state index contributed by atoms with van der Waals surface area (Å²) in [5.74, 6) is 0. The van der Waals surface area contributed by atoms with E-state index in [0.29, 0.717) is 0 Å². The van der Waals surface area contributed by atoms with Gasteiger partial charge in [-0.15, -0.1) is 0 Å². The molecular weight excluding hydrogens is 180 g/mol. The van der Waals surface area contributed by atoms with Gasteiger partial charge in [0.15, 0.2) is 0 Å². The Kier molecular flexibility index (Phi) is 108. The van der Waals surface area contributed by atoms with Crippen LogP contribution in [-0.4, -0.2) is 17.4 Å². The summed E-state index contributed by atoms with van der Waals surface area (Å²) in [4.78, 5) is 17.8. The summed E-state index contributed by atoms with van der Waals surface area (Å²) in [5.41, 5.74) is 0. The molecule has 0 unspecified atom stereocenters. The first-order valence-electron chi connectivity index (χ1n) is 3.47. The van der Waals surface area contributed by atoms with Crippen LogP contribution in [0.3, 0.4) is 0 Å².